The van der Waals surface area contributed by atoms with E-state index in [0.29, 0.717) is 30.7 Å². The lowest BCUT2D eigenvalue weighted by Crippen LogP contribution is -2.53. The van der Waals surface area contributed by atoms with Crippen LogP contribution in [0.1, 0.15) is 51.4 Å². The van der Waals surface area contributed by atoms with Crippen LogP contribution in [-0.2, 0) is 4.79 Å². The Hall–Kier alpha value is -0.410. The van der Waals surface area contributed by atoms with Gasteiger partial charge < -0.3 is 10.0 Å². The average molecular weight is 429 g/mol. The van der Waals surface area contributed by atoms with Crippen molar-refractivity contribution in [3.05, 3.63) is 0 Å². The molecule has 3 unspecified atom stereocenters. The number of aliphatic hydroxyl groups excluding tert-OH is 1. The van der Waals surface area contributed by atoms with Crippen molar-refractivity contribution in [3.8, 4) is 0 Å². The molecule has 0 aromatic carbocycles. The predicted molar refractivity (Wildman–Crippen MR) is 115 cm³/mol. The highest BCUT2D eigenvalue weighted by atomic mass is 32.2. The highest BCUT2D eigenvalue weighted by Crippen LogP contribution is 2.30. The Labute approximate surface area is 178 Å². The summed E-state index contributed by atoms with van der Waals surface area (Å²) in [5, 5.41) is 13.2. The number of aliphatic hydroxyl groups is 1. The lowest BCUT2D eigenvalue weighted by molar-refractivity contribution is -0.130. The Morgan fingerprint density at radius 2 is 1.76 bits per heavy atom. The van der Waals surface area contributed by atoms with E-state index in [4.69, 9.17) is 0 Å². The maximum absolute atomic E-state index is 13.8. The average Bonchev–Trinajstić information content (AvgIpc) is 3.21. The summed E-state index contributed by atoms with van der Waals surface area (Å²) < 4.78 is 13.8. The van der Waals surface area contributed by atoms with E-state index in [9.17, 15) is 14.3 Å². The van der Waals surface area contributed by atoms with Gasteiger partial charge in [0.05, 0.1) is 11.9 Å². The maximum atomic E-state index is 13.8. The molecule has 2 aliphatic heterocycles. The summed E-state index contributed by atoms with van der Waals surface area (Å²) in [7, 11) is 0. The van der Waals surface area contributed by atoms with Crippen molar-refractivity contribution in [1.82, 2.24) is 20.0 Å². The van der Waals surface area contributed by atoms with Crippen LogP contribution in [0.2, 0.25) is 0 Å². The van der Waals surface area contributed by atoms with Crippen LogP contribution >= 0.6 is 11.8 Å². The third-order valence-electron chi connectivity index (χ3n) is 7.26. The third kappa shape index (κ3) is 5.64. The van der Waals surface area contributed by atoms with Crippen LogP contribution in [0.15, 0.2) is 0 Å². The molecule has 3 atom stereocenters. The second-order valence-electron chi connectivity index (χ2n) is 9.15. The zero-order valence-corrected chi connectivity index (χ0v) is 18.3. The second-order valence-corrected chi connectivity index (χ2v) is 10.2. The summed E-state index contributed by atoms with van der Waals surface area (Å²) in [6.45, 7) is 5.40. The Morgan fingerprint density at radius 1 is 1.00 bits per heavy atom. The zero-order chi connectivity index (χ0) is 20.2. The van der Waals surface area contributed by atoms with Crippen LogP contribution in [0.3, 0.4) is 0 Å². The molecule has 6 nitrogen and oxygen atoms in total. The molecule has 29 heavy (non-hydrogen) atoms. The van der Waals surface area contributed by atoms with Gasteiger partial charge in [-0.1, -0.05) is 0 Å². The van der Waals surface area contributed by atoms with E-state index in [2.05, 4.69) is 15.1 Å². The molecule has 8 heteroatoms. The number of amides is 1. The van der Waals surface area contributed by atoms with Crippen LogP contribution in [0, 0.1) is 0 Å². The molecule has 4 fully saturated rings. The molecule has 2 N–H and O–H groups in total. The van der Waals surface area contributed by atoms with Crippen molar-refractivity contribution in [2.75, 3.05) is 45.0 Å². The fraction of sp³-hybridized carbons (Fsp3) is 0.952. The molecule has 4 aliphatic rings. The minimum Gasteiger partial charge on any atom is -0.393 e. The Morgan fingerprint density at radius 3 is 2.48 bits per heavy atom. The zero-order valence-electron chi connectivity index (χ0n) is 17.5. The number of nitrogens with zero attached hydrogens (tertiary/aromatic N) is 3. The van der Waals surface area contributed by atoms with Gasteiger partial charge in [-0.3, -0.25) is 19.9 Å². The molecular weight excluding hydrogens is 391 g/mol. The molecular formula is C21H37FN4O2S. The summed E-state index contributed by atoms with van der Waals surface area (Å²) in [5.74, 6) is 0.727. The predicted octanol–water partition coefficient (Wildman–Crippen LogP) is 1.64. The number of rotatable bonds is 5. The van der Waals surface area contributed by atoms with Crippen molar-refractivity contribution < 1.29 is 14.3 Å². The first-order valence-electron chi connectivity index (χ1n) is 11.5. The number of hydrogen-bond acceptors (Lipinski definition) is 6. The van der Waals surface area contributed by atoms with E-state index in [1.807, 2.05) is 4.90 Å². The number of alkyl halides is 1. The van der Waals surface area contributed by atoms with Crippen LogP contribution in [0.5, 0.6) is 0 Å². The minimum absolute atomic E-state index is 0.112. The van der Waals surface area contributed by atoms with Crippen LogP contribution in [0.25, 0.3) is 0 Å². The van der Waals surface area contributed by atoms with Crippen molar-refractivity contribution >= 4 is 17.7 Å². The molecule has 1 amide bonds. The summed E-state index contributed by atoms with van der Waals surface area (Å²) >= 11 is 1.68. The van der Waals surface area contributed by atoms with E-state index in [1.54, 1.807) is 11.8 Å². The third-order valence-corrected chi connectivity index (χ3v) is 8.42. The van der Waals surface area contributed by atoms with Gasteiger partial charge >= 0.3 is 0 Å². The molecule has 4 rings (SSSR count). The van der Waals surface area contributed by atoms with Gasteiger partial charge in [-0.25, -0.2) is 4.39 Å². The van der Waals surface area contributed by atoms with Gasteiger partial charge in [0.25, 0.3) is 0 Å². The fourth-order valence-electron chi connectivity index (χ4n) is 5.49. The molecule has 2 heterocycles. The highest BCUT2D eigenvalue weighted by molar-refractivity contribution is 8.00. The molecule has 0 aromatic heterocycles. The first kappa shape index (κ1) is 21.8. The van der Waals surface area contributed by atoms with E-state index >= 15 is 0 Å². The van der Waals surface area contributed by atoms with E-state index < -0.39 is 6.17 Å². The number of hydrogen-bond donors (Lipinski definition) is 2. The van der Waals surface area contributed by atoms with E-state index in [0.717, 1.165) is 77.8 Å². The van der Waals surface area contributed by atoms with Gasteiger partial charge in [-0.2, -0.15) is 0 Å². The summed E-state index contributed by atoms with van der Waals surface area (Å²) in [4.78, 5) is 19.7. The van der Waals surface area contributed by atoms with Gasteiger partial charge in [-0.15, -0.1) is 11.8 Å². The highest BCUT2D eigenvalue weighted by Gasteiger charge is 2.35. The Bertz CT molecular complexity index is 541. The Kier molecular flexibility index (Phi) is 7.72. The first-order valence-corrected chi connectivity index (χ1v) is 12.6. The summed E-state index contributed by atoms with van der Waals surface area (Å²) in [6.07, 6.45) is 6.61. The van der Waals surface area contributed by atoms with Gasteiger partial charge in [0, 0.05) is 51.4 Å². The van der Waals surface area contributed by atoms with Crippen molar-refractivity contribution in [2.24, 2.45) is 0 Å². The Balaban J connectivity index is 1.19. The number of halogens is 1. The smallest absolute Gasteiger partial charge is 0.232 e. The van der Waals surface area contributed by atoms with E-state index in [1.165, 1.54) is 0 Å². The normalized spacial score (nSPS) is 37.7. The molecule has 166 valence electrons. The maximum Gasteiger partial charge on any atom is 0.232 e. The molecule has 0 bridgehead atoms. The second kappa shape index (κ2) is 10.3. The summed E-state index contributed by atoms with van der Waals surface area (Å²) in [5.41, 5.74) is 0.143. The quantitative estimate of drug-likeness (QED) is 0.694. The van der Waals surface area contributed by atoms with Crippen LogP contribution < -0.4 is 5.32 Å². The van der Waals surface area contributed by atoms with Gasteiger partial charge in [-0.05, 0) is 51.4 Å². The molecule has 2 aliphatic carbocycles. The molecule has 0 aromatic rings. The van der Waals surface area contributed by atoms with Crippen molar-refractivity contribution in [1.29, 1.82) is 0 Å². The SMILES string of the molecule is O=C(CSC1NCCN1C1CCCC(F)C1)N1CCN(C2CCC(O)CC2)CC1. The largest absolute Gasteiger partial charge is 0.393 e. The number of piperazine rings is 1. The molecule has 2 saturated heterocycles. The molecule has 2 saturated carbocycles. The van der Waals surface area contributed by atoms with E-state index in [-0.39, 0.29) is 17.5 Å². The monoisotopic (exact) mass is 428 g/mol. The fourth-order valence-corrected chi connectivity index (χ4v) is 6.68. The number of nitrogens with one attached hydrogen (secondary N) is 1. The molecule has 0 radical (unpaired) electrons. The van der Waals surface area contributed by atoms with Crippen LogP contribution in [-0.4, -0.2) is 101 Å². The van der Waals surface area contributed by atoms with Gasteiger partial charge in [0.2, 0.25) is 5.91 Å². The number of carbonyl (C=O) groups is 1. The van der Waals surface area contributed by atoms with Crippen LogP contribution in [0.4, 0.5) is 4.39 Å². The standard InChI is InChI=1S/C21H37FN4O2S/c22-16-2-1-3-18(14-16)26-9-8-23-21(26)29-15-20(28)25-12-10-24(11-13-25)17-4-6-19(27)7-5-17/h16-19,21,23,27H,1-15H2. The number of thioether (sulfide) groups is 1. The van der Waals surface area contributed by atoms with Gasteiger partial charge in [0.15, 0.2) is 0 Å². The lowest BCUT2D eigenvalue weighted by Gasteiger charge is -2.41. The molecule has 0 spiro atoms. The summed E-state index contributed by atoms with van der Waals surface area (Å²) in [6, 6.07) is 0.898. The minimum atomic E-state index is -0.662. The van der Waals surface area contributed by atoms with Crippen molar-refractivity contribution in [2.45, 2.75) is 81.2 Å². The lowest BCUT2D eigenvalue weighted by atomic mass is 9.91. The first-order chi connectivity index (χ1) is 14.1. The van der Waals surface area contributed by atoms with Gasteiger partial charge in [0.1, 0.15) is 11.7 Å². The topological polar surface area (TPSA) is 59.1 Å². The number of carbonyl (C=O) groups excluding carboxylic acids is 1. The van der Waals surface area contributed by atoms with Crippen molar-refractivity contribution in [3.63, 3.8) is 0 Å².